The first-order valence-corrected chi connectivity index (χ1v) is 4.66. The summed E-state index contributed by atoms with van der Waals surface area (Å²) in [5, 5.41) is 3.34. The van der Waals surface area contributed by atoms with E-state index in [1.165, 1.54) is 0 Å². The normalized spacial score (nSPS) is 12.8. The lowest BCUT2D eigenvalue weighted by Crippen LogP contribution is -2.27. The molecule has 0 amide bonds. The van der Waals surface area contributed by atoms with Crippen LogP contribution in [-0.4, -0.2) is 17.6 Å². The lowest BCUT2D eigenvalue weighted by atomic mass is 10.1. The van der Waals surface area contributed by atoms with E-state index in [-0.39, 0.29) is 0 Å². The maximum absolute atomic E-state index is 5.73. The third-order valence-electron chi connectivity index (χ3n) is 2.00. The largest absolute Gasteiger partial charge is 0.383 e. The number of hydrogen-bond acceptors (Lipinski definition) is 3. The molecule has 72 valence electrons. The highest BCUT2D eigenvalue weighted by molar-refractivity contribution is 5.38. The van der Waals surface area contributed by atoms with Gasteiger partial charge < -0.3 is 11.1 Å². The van der Waals surface area contributed by atoms with Crippen LogP contribution in [0, 0.1) is 0 Å². The van der Waals surface area contributed by atoms with Crippen molar-refractivity contribution in [2.45, 2.75) is 26.3 Å². The van der Waals surface area contributed by atoms with Crippen molar-refractivity contribution in [2.75, 3.05) is 12.3 Å². The second kappa shape index (κ2) is 4.82. The van der Waals surface area contributed by atoms with E-state index < -0.39 is 0 Å². The van der Waals surface area contributed by atoms with Crippen LogP contribution in [0.2, 0.25) is 0 Å². The fraction of sp³-hybridized carbons (Fsp3) is 0.500. The van der Waals surface area contributed by atoms with Gasteiger partial charge in [-0.1, -0.05) is 13.0 Å². The van der Waals surface area contributed by atoms with Crippen LogP contribution in [0.25, 0.3) is 0 Å². The monoisotopic (exact) mass is 179 g/mol. The van der Waals surface area contributed by atoms with Crippen molar-refractivity contribution in [3.63, 3.8) is 0 Å². The predicted molar refractivity (Wildman–Crippen MR) is 55.5 cm³/mol. The lowest BCUT2D eigenvalue weighted by Gasteiger charge is -2.12. The Morgan fingerprint density at radius 2 is 2.38 bits per heavy atom. The molecule has 3 heteroatoms. The number of aromatic nitrogens is 1. The highest BCUT2D eigenvalue weighted by Crippen LogP contribution is 2.09. The smallest absolute Gasteiger partial charge is 0.126 e. The van der Waals surface area contributed by atoms with Crippen LogP contribution >= 0.6 is 0 Å². The van der Waals surface area contributed by atoms with Crippen LogP contribution < -0.4 is 11.1 Å². The zero-order valence-corrected chi connectivity index (χ0v) is 8.25. The summed E-state index contributed by atoms with van der Waals surface area (Å²) in [6.07, 6.45) is 2.66. The molecule has 3 N–H and O–H groups in total. The number of hydrogen-bond donors (Lipinski definition) is 2. The summed E-state index contributed by atoms with van der Waals surface area (Å²) in [5.74, 6) is 0.646. The van der Waals surface area contributed by atoms with E-state index in [4.69, 9.17) is 5.73 Å². The Bertz CT molecular complexity index is 260. The van der Waals surface area contributed by atoms with Crippen LogP contribution in [-0.2, 0) is 6.42 Å². The minimum absolute atomic E-state index is 0.455. The van der Waals surface area contributed by atoms with E-state index in [1.807, 2.05) is 12.1 Å². The Hall–Kier alpha value is -1.09. The molecule has 0 saturated carbocycles. The average Bonchev–Trinajstić information content (AvgIpc) is 2.09. The third-order valence-corrected chi connectivity index (χ3v) is 2.00. The highest BCUT2D eigenvalue weighted by atomic mass is 14.9. The first kappa shape index (κ1) is 9.99. The first-order chi connectivity index (χ1) is 6.24. The van der Waals surface area contributed by atoms with Gasteiger partial charge in [0.25, 0.3) is 0 Å². The Morgan fingerprint density at radius 3 is 3.00 bits per heavy atom. The summed E-state index contributed by atoms with van der Waals surface area (Å²) in [6.45, 7) is 5.24. The van der Waals surface area contributed by atoms with Gasteiger partial charge in [0.15, 0.2) is 0 Å². The van der Waals surface area contributed by atoms with Gasteiger partial charge in [-0.05, 0) is 31.5 Å². The number of nitrogens with two attached hydrogens (primary N) is 1. The molecule has 1 unspecified atom stereocenters. The molecule has 0 aliphatic carbocycles. The van der Waals surface area contributed by atoms with Crippen molar-refractivity contribution in [1.82, 2.24) is 10.3 Å². The molecular formula is C10H17N3. The maximum Gasteiger partial charge on any atom is 0.126 e. The fourth-order valence-electron chi connectivity index (χ4n) is 1.37. The Morgan fingerprint density at radius 1 is 1.62 bits per heavy atom. The molecule has 0 radical (unpaired) electrons. The molecule has 0 bridgehead atoms. The molecule has 0 aromatic carbocycles. The predicted octanol–water partition coefficient (Wildman–Crippen LogP) is 1.20. The number of nitrogens with zero attached hydrogens (tertiary/aromatic N) is 1. The molecule has 1 aromatic rings. The van der Waals surface area contributed by atoms with E-state index in [1.54, 1.807) is 6.20 Å². The van der Waals surface area contributed by atoms with Crippen molar-refractivity contribution in [1.29, 1.82) is 0 Å². The lowest BCUT2D eigenvalue weighted by molar-refractivity contribution is 0.565. The van der Waals surface area contributed by atoms with Crippen molar-refractivity contribution in [3.05, 3.63) is 23.9 Å². The Balaban J connectivity index is 2.58. The number of pyridine rings is 1. The molecule has 3 nitrogen and oxygen atoms in total. The number of rotatable bonds is 4. The van der Waals surface area contributed by atoms with Crippen molar-refractivity contribution in [2.24, 2.45) is 0 Å². The van der Waals surface area contributed by atoms with Gasteiger partial charge in [-0.2, -0.15) is 0 Å². The van der Waals surface area contributed by atoms with Crippen molar-refractivity contribution < 1.29 is 0 Å². The van der Waals surface area contributed by atoms with E-state index >= 15 is 0 Å². The molecule has 1 aromatic heterocycles. The molecule has 1 atom stereocenters. The molecular weight excluding hydrogens is 162 g/mol. The topological polar surface area (TPSA) is 50.9 Å². The van der Waals surface area contributed by atoms with E-state index in [0.29, 0.717) is 11.9 Å². The summed E-state index contributed by atoms with van der Waals surface area (Å²) in [7, 11) is 0. The maximum atomic E-state index is 5.73. The van der Waals surface area contributed by atoms with Gasteiger partial charge in [0.2, 0.25) is 0 Å². The zero-order valence-electron chi connectivity index (χ0n) is 8.25. The summed E-state index contributed by atoms with van der Waals surface area (Å²) in [4.78, 5) is 4.04. The molecule has 0 aliphatic heterocycles. The van der Waals surface area contributed by atoms with E-state index in [9.17, 15) is 0 Å². The van der Waals surface area contributed by atoms with Gasteiger partial charge in [-0.15, -0.1) is 0 Å². The van der Waals surface area contributed by atoms with Crippen LogP contribution in [0.3, 0.4) is 0 Å². The van der Waals surface area contributed by atoms with Gasteiger partial charge in [-0.3, -0.25) is 0 Å². The van der Waals surface area contributed by atoms with Gasteiger partial charge >= 0.3 is 0 Å². The van der Waals surface area contributed by atoms with Crippen LogP contribution in [0.1, 0.15) is 19.4 Å². The molecule has 0 fully saturated rings. The molecule has 13 heavy (non-hydrogen) atoms. The van der Waals surface area contributed by atoms with Crippen LogP contribution in [0.15, 0.2) is 18.3 Å². The third kappa shape index (κ3) is 3.03. The van der Waals surface area contributed by atoms with Crippen LogP contribution in [0.5, 0.6) is 0 Å². The zero-order chi connectivity index (χ0) is 9.68. The molecule has 1 rings (SSSR count). The fourth-order valence-corrected chi connectivity index (χ4v) is 1.37. The van der Waals surface area contributed by atoms with Crippen molar-refractivity contribution in [3.8, 4) is 0 Å². The number of nitrogens with one attached hydrogen (secondary N) is 1. The highest BCUT2D eigenvalue weighted by Gasteiger charge is 2.04. The molecule has 0 saturated heterocycles. The van der Waals surface area contributed by atoms with Crippen LogP contribution in [0.4, 0.5) is 5.82 Å². The Labute approximate surface area is 79.4 Å². The first-order valence-electron chi connectivity index (χ1n) is 4.66. The summed E-state index contributed by atoms with van der Waals surface area (Å²) < 4.78 is 0. The minimum atomic E-state index is 0.455. The molecule has 0 aliphatic rings. The Kier molecular flexibility index (Phi) is 3.71. The number of nitrogen functional groups attached to an aromatic ring is 1. The quantitative estimate of drug-likeness (QED) is 0.730. The SMILES string of the molecule is CCNC(C)Cc1cccnc1N. The standard InChI is InChI=1S/C10H17N3/c1-3-12-8(2)7-9-5-4-6-13-10(9)11/h4-6,8,12H,3,7H2,1-2H3,(H2,11,13). The van der Waals surface area contributed by atoms with E-state index in [0.717, 1.165) is 18.5 Å². The average molecular weight is 179 g/mol. The van der Waals surface area contributed by atoms with Gasteiger partial charge in [-0.25, -0.2) is 4.98 Å². The van der Waals surface area contributed by atoms with Gasteiger partial charge in [0.05, 0.1) is 0 Å². The van der Waals surface area contributed by atoms with Crippen molar-refractivity contribution >= 4 is 5.82 Å². The summed E-state index contributed by atoms with van der Waals surface area (Å²) in [5.41, 5.74) is 6.85. The summed E-state index contributed by atoms with van der Waals surface area (Å²) in [6, 6.07) is 4.40. The molecule has 0 spiro atoms. The van der Waals surface area contributed by atoms with E-state index in [2.05, 4.69) is 24.1 Å². The number of anilines is 1. The van der Waals surface area contributed by atoms with Gasteiger partial charge in [0.1, 0.15) is 5.82 Å². The second-order valence-corrected chi connectivity index (χ2v) is 3.21. The molecule has 1 heterocycles. The second-order valence-electron chi connectivity index (χ2n) is 3.21. The minimum Gasteiger partial charge on any atom is -0.383 e. The number of likely N-dealkylation sites (N-methyl/N-ethyl adjacent to an activating group) is 1. The van der Waals surface area contributed by atoms with Gasteiger partial charge in [0, 0.05) is 12.2 Å². The summed E-state index contributed by atoms with van der Waals surface area (Å²) >= 11 is 0.